The fourth-order valence-electron chi connectivity index (χ4n) is 2.20. The summed E-state index contributed by atoms with van der Waals surface area (Å²) in [6.07, 6.45) is 0. The van der Waals surface area contributed by atoms with Crippen molar-refractivity contribution in [1.29, 1.82) is 0 Å². The predicted octanol–water partition coefficient (Wildman–Crippen LogP) is 3.55. The van der Waals surface area contributed by atoms with E-state index in [9.17, 15) is 14.0 Å². The van der Waals surface area contributed by atoms with Crippen LogP contribution in [0.5, 0.6) is 0 Å². The van der Waals surface area contributed by atoms with Crippen LogP contribution in [0, 0.1) is 5.82 Å². The van der Waals surface area contributed by atoms with Crippen molar-refractivity contribution in [1.82, 2.24) is 9.59 Å². The molecule has 126 valence electrons. The molecule has 0 fully saturated rings. The van der Waals surface area contributed by atoms with Gasteiger partial charge in [-0.1, -0.05) is 10.6 Å². The van der Waals surface area contributed by atoms with Crippen molar-refractivity contribution in [2.75, 3.05) is 10.6 Å². The van der Waals surface area contributed by atoms with Crippen LogP contribution in [0.2, 0.25) is 0 Å². The monoisotopic (exact) mass is 356 g/mol. The minimum absolute atomic E-state index is 0.200. The number of amides is 2. The van der Waals surface area contributed by atoms with Crippen LogP contribution in [-0.2, 0) is 4.79 Å². The van der Waals surface area contributed by atoms with Gasteiger partial charge in [0.25, 0.3) is 5.91 Å². The fourth-order valence-corrected chi connectivity index (χ4v) is 2.79. The van der Waals surface area contributed by atoms with E-state index in [-0.39, 0.29) is 17.6 Å². The molecule has 0 spiro atoms. The van der Waals surface area contributed by atoms with Gasteiger partial charge in [-0.15, -0.1) is 5.10 Å². The maximum atomic E-state index is 13.1. The van der Waals surface area contributed by atoms with Crippen LogP contribution < -0.4 is 10.6 Å². The summed E-state index contributed by atoms with van der Waals surface area (Å²) < 4.78 is 16.9. The Hall–Kier alpha value is -3.13. The standard InChI is InChI=1S/C17H13FN4O2S/c1-10(23)19-13-3-2-4-14(9-13)20-17(24)16-15(21-22-25-16)11-5-7-12(18)8-6-11/h2-9H,1H3,(H,19,23)(H,20,24). The molecule has 1 heterocycles. The van der Waals surface area contributed by atoms with Crippen molar-refractivity contribution in [3.8, 4) is 11.3 Å². The average Bonchev–Trinajstić information content (AvgIpc) is 3.05. The first kappa shape index (κ1) is 16.7. The van der Waals surface area contributed by atoms with Crippen LogP contribution in [0.1, 0.15) is 16.6 Å². The summed E-state index contributed by atoms with van der Waals surface area (Å²) in [6.45, 7) is 1.41. The highest BCUT2D eigenvalue weighted by atomic mass is 32.1. The Bertz CT molecular complexity index is 924. The van der Waals surface area contributed by atoms with E-state index < -0.39 is 0 Å². The first-order valence-electron chi connectivity index (χ1n) is 7.30. The Labute approximate surface area is 146 Å². The SMILES string of the molecule is CC(=O)Nc1cccc(NC(=O)c2snnc2-c2ccc(F)cc2)c1. The molecule has 0 aliphatic rings. The number of aromatic nitrogens is 2. The van der Waals surface area contributed by atoms with E-state index in [1.54, 1.807) is 36.4 Å². The summed E-state index contributed by atoms with van der Waals surface area (Å²) in [5, 5.41) is 9.36. The van der Waals surface area contributed by atoms with Gasteiger partial charge < -0.3 is 10.6 Å². The topological polar surface area (TPSA) is 84.0 Å². The van der Waals surface area contributed by atoms with Gasteiger partial charge in [0.1, 0.15) is 16.4 Å². The Morgan fingerprint density at radius 1 is 1.04 bits per heavy atom. The van der Waals surface area contributed by atoms with Crippen molar-refractivity contribution in [3.63, 3.8) is 0 Å². The molecule has 0 aliphatic heterocycles. The molecule has 3 rings (SSSR count). The summed E-state index contributed by atoms with van der Waals surface area (Å²) >= 11 is 0.954. The molecule has 0 saturated heterocycles. The maximum absolute atomic E-state index is 13.1. The number of nitrogens with zero attached hydrogens (tertiary/aromatic N) is 2. The maximum Gasteiger partial charge on any atom is 0.269 e. The molecule has 8 heteroatoms. The van der Waals surface area contributed by atoms with Crippen molar-refractivity contribution in [2.24, 2.45) is 0 Å². The van der Waals surface area contributed by atoms with E-state index >= 15 is 0 Å². The lowest BCUT2D eigenvalue weighted by Crippen LogP contribution is -2.12. The third kappa shape index (κ3) is 4.04. The lowest BCUT2D eigenvalue weighted by molar-refractivity contribution is -0.114. The third-order valence-corrected chi connectivity index (χ3v) is 3.98. The van der Waals surface area contributed by atoms with E-state index in [2.05, 4.69) is 20.2 Å². The highest BCUT2D eigenvalue weighted by molar-refractivity contribution is 7.08. The number of carbonyl (C=O) groups excluding carboxylic acids is 2. The van der Waals surface area contributed by atoms with Gasteiger partial charge in [-0.25, -0.2) is 4.39 Å². The minimum Gasteiger partial charge on any atom is -0.326 e. The summed E-state index contributed by atoms with van der Waals surface area (Å²) in [7, 11) is 0. The first-order chi connectivity index (χ1) is 12.0. The van der Waals surface area contributed by atoms with Gasteiger partial charge in [0, 0.05) is 23.9 Å². The smallest absolute Gasteiger partial charge is 0.269 e. The number of hydrogen-bond acceptors (Lipinski definition) is 5. The second-order valence-electron chi connectivity index (χ2n) is 5.17. The number of hydrogen-bond donors (Lipinski definition) is 2. The minimum atomic E-state index is -0.380. The van der Waals surface area contributed by atoms with Gasteiger partial charge in [0.15, 0.2) is 0 Å². The average molecular weight is 356 g/mol. The number of halogens is 1. The molecule has 2 N–H and O–H groups in total. The molecule has 0 atom stereocenters. The zero-order valence-corrected chi connectivity index (χ0v) is 13.9. The van der Waals surface area contributed by atoms with E-state index in [0.717, 1.165) is 11.5 Å². The van der Waals surface area contributed by atoms with Crippen molar-refractivity contribution in [2.45, 2.75) is 6.92 Å². The largest absolute Gasteiger partial charge is 0.326 e. The Balaban J connectivity index is 1.82. The fraction of sp³-hybridized carbons (Fsp3) is 0.0588. The van der Waals surface area contributed by atoms with Crippen LogP contribution in [0.4, 0.5) is 15.8 Å². The Morgan fingerprint density at radius 3 is 2.40 bits per heavy atom. The molecule has 2 aromatic carbocycles. The quantitative estimate of drug-likeness (QED) is 0.749. The summed E-state index contributed by atoms with van der Waals surface area (Å²) in [4.78, 5) is 24.0. The second kappa shape index (κ2) is 7.18. The molecule has 0 bridgehead atoms. The van der Waals surface area contributed by atoms with E-state index in [1.165, 1.54) is 19.1 Å². The molecule has 0 radical (unpaired) electrons. The normalized spacial score (nSPS) is 10.3. The molecule has 0 saturated carbocycles. The van der Waals surface area contributed by atoms with Gasteiger partial charge in [-0.3, -0.25) is 9.59 Å². The van der Waals surface area contributed by atoms with Gasteiger partial charge >= 0.3 is 0 Å². The predicted molar refractivity (Wildman–Crippen MR) is 94.0 cm³/mol. The number of benzene rings is 2. The third-order valence-electron chi connectivity index (χ3n) is 3.25. The van der Waals surface area contributed by atoms with Crippen LogP contribution in [0.25, 0.3) is 11.3 Å². The molecule has 6 nitrogen and oxygen atoms in total. The van der Waals surface area contributed by atoms with Crippen LogP contribution in [0.3, 0.4) is 0 Å². The molecule has 1 aromatic heterocycles. The lowest BCUT2D eigenvalue weighted by atomic mass is 10.1. The van der Waals surface area contributed by atoms with Crippen molar-refractivity contribution >= 4 is 34.7 Å². The van der Waals surface area contributed by atoms with Crippen molar-refractivity contribution in [3.05, 3.63) is 59.2 Å². The molecule has 3 aromatic rings. The van der Waals surface area contributed by atoms with Gasteiger partial charge in [-0.2, -0.15) is 0 Å². The Kier molecular flexibility index (Phi) is 4.80. The summed E-state index contributed by atoms with van der Waals surface area (Å²) in [5.41, 5.74) is 2.09. The molecule has 25 heavy (non-hydrogen) atoms. The van der Waals surface area contributed by atoms with Crippen LogP contribution in [0.15, 0.2) is 48.5 Å². The van der Waals surface area contributed by atoms with Gasteiger partial charge in [-0.05, 0) is 54.0 Å². The lowest BCUT2D eigenvalue weighted by Gasteiger charge is -2.07. The molecule has 2 amide bonds. The van der Waals surface area contributed by atoms with Crippen molar-refractivity contribution < 1.29 is 14.0 Å². The second-order valence-corrected chi connectivity index (χ2v) is 5.93. The molecular formula is C17H13FN4O2S. The van der Waals surface area contributed by atoms with Crippen LogP contribution >= 0.6 is 11.5 Å². The Morgan fingerprint density at radius 2 is 1.72 bits per heavy atom. The van der Waals surface area contributed by atoms with E-state index in [0.29, 0.717) is 27.5 Å². The zero-order chi connectivity index (χ0) is 17.8. The number of carbonyl (C=O) groups is 2. The number of rotatable bonds is 4. The zero-order valence-electron chi connectivity index (χ0n) is 13.1. The van der Waals surface area contributed by atoms with Gasteiger partial charge in [0.2, 0.25) is 5.91 Å². The summed E-state index contributed by atoms with van der Waals surface area (Å²) in [5.74, 6) is -0.948. The molecule has 0 unspecified atom stereocenters. The highest BCUT2D eigenvalue weighted by Crippen LogP contribution is 2.25. The summed E-state index contributed by atoms with van der Waals surface area (Å²) in [6, 6.07) is 12.5. The van der Waals surface area contributed by atoms with Crippen LogP contribution in [-0.4, -0.2) is 21.4 Å². The molecular weight excluding hydrogens is 343 g/mol. The van der Waals surface area contributed by atoms with E-state index in [1.807, 2.05) is 0 Å². The van der Waals surface area contributed by atoms with Gasteiger partial charge in [0.05, 0.1) is 0 Å². The molecule has 0 aliphatic carbocycles. The van der Waals surface area contributed by atoms with E-state index in [4.69, 9.17) is 0 Å². The number of anilines is 2. The highest BCUT2D eigenvalue weighted by Gasteiger charge is 2.18. The number of nitrogens with one attached hydrogen (secondary N) is 2. The first-order valence-corrected chi connectivity index (χ1v) is 8.07.